The Bertz CT molecular complexity index is 1040. The van der Waals surface area contributed by atoms with Crippen LogP contribution in [0.1, 0.15) is 42.2 Å². The number of nitrogens with zero attached hydrogens (tertiary/aromatic N) is 4. The molecule has 1 N–H and O–H groups in total. The van der Waals surface area contributed by atoms with Gasteiger partial charge >= 0.3 is 0 Å². The Morgan fingerprint density at radius 3 is 2.84 bits per heavy atom. The zero-order valence-electron chi connectivity index (χ0n) is 18.0. The van der Waals surface area contributed by atoms with Crippen LogP contribution in [0.5, 0.6) is 0 Å². The zero-order chi connectivity index (χ0) is 21.2. The second kappa shape index (κ2) is 8.93. The second-order valence-electron chi connectivity index (χ2n) is 8.67. The third-order valence-electron chi connectivity index (χ3n) is 6.34. The molecule has 162 valence electrons. The van der Waals surface area contributed by atoms with E-state index in [0.29, 0.717) is 0 Å². The van der Waals surface area contributed by atoms with E-state index in [4.69, 9.17) is 4.98 Å². The summed E-state index contributed by atoms with van der Waals surface area (Å²) in [7, 11) is 0. The van der Waals surface area contributed by atoms with E-state index in [1.807, 2.05) is 25.1 Å². The van der Waals surface area contributed by atoms with E-state index in [1.165, 1.54) is 18.7 Å². The van der Waals surface area contributed by atoms with Gasteiger partial charge < -0.3 is 9.88 Å². The van der Waals surface area contributed by atoms with Crippen LogP contribution in [0.2, 0.25) is 0 Å². The summed E-state index contributed by atoms with van der Waals surface area (Å²) in [6.07, 6.45) is 7.42. The van der Waals surface area contributed by atoms with Crippen molar-refractivity contribution in [2.24, 2.45) is 5.92 Å². The number of hydrogen-bond donors (Lipinski definition) is 1. The van der Waals surface area contributed by atoms with Crippen LogP contribution in [-0.4, -0.2) is 38.4 Å². The molecule has 31 heavy (non-hydrogen) atoms. The van der Waals surface area contributed by atoms with E-state index in [2.05, 4.69) is 37.4 Å². The number of anilines is 1. The molecule has 7 heteroatoms. The molecule has 2 aliphatic rings. The molecular weight excluding hydrogens is 406 g/mol. The van der Waals surface area contributed by atoms with E-state index in [-0.39, 0.29) is 11.8 Å². The second-order valence-corrected chi connectivity index (χ2v) is 9.73. The molecule has 0 bridgehead atoms. The number of aryl methyl sites for hydroxylation is 3. The molecule has 1 saturated heterocycles. The van der Waals surface area contributed by atoms with Crippen molar-refractivity contribution in [3.05, 3.63) is 52.4 Å². The topological polar surface area (TPSA) is 63.1 Å². The molecule has 1 aromatic carbocycles. The average molecular weight is 436 g/mol. The Balaban J connectivity index is 1.18. The minimum Gasteiger partial charge on any atom is -0.334 e. The van der Waals surface area contributed by atoms with Crippen molar-refractivity contribution < 1.29 is 4.79 Å². The maximum atomic E-state index is 12.9. The summed E-state index contributed by atoms with van der Waals surface area (Å²) >= 11 is 1.70. The summed E-state index contributed by atoms with van der Waals surface area (Å²) in [6, 6.07) is 8.09. The monoisotopic (exact) mass is 435 g/mol. The molecule has 2 aliphatic heterocycles. The number of piperidine rings is 1. The van der Waals surface area contributed by atoms with Gasteiger partial charge in [0.1, 0.15) is 5.82 Å². The van der Waals surface area contributed by atoms with Gasteiger partial charge in [0, 0.05) is 48.3 Å². The number of carbonyl (C=O) groups is 1. The molecule has 0 atom stereocenters. The van der Waals surface area contributed by atoms with Gasteiger partial charge in [-0.05, 0) is 57.8 Å². The number of amides is 1. The highest BCUT2D eigenvalue weighted by atomic mass is 32.1. The summed E-state index contributed by atoms with van der Waals surface area (Å²) in [5, 5.41) is 6.40. The van der Waals surface area contributed by atoms with Crippen molar-refractivity contribution in [2.75, 3.05) is 18.4 Å². The zero-order valence-corrected chi connectivity index (χ0v) is 18.8. The Morgan fingerprint density at radius 2 is 2.06 bits per heavy atom. The fourth-order valence-corrected chi connectivity index (χ4v) is 5.22. The molecule has 0 spiro atoms. The molecule has 1 fully saturated rings. The molecule has 6 nitrogen and oxygen atoms in total. The lowest BCUT2D eigenvalue weighted by molar-refractivity contribution is -0.121. The van der Waals surface area contributed by atoms with E-state index >= 15 is 0 Å². The number of nitrogens with one attached hydrogen (secondary N) is 1. The number of benzene rings is 1. The third kappa shape index (κ3) is 4.72. The van der Waals surface area contributed by atoms with Crippen LogP contribution in [0.15, 0.2) is 35.8 Å². The van der Waals surface area contributed by atoms with Crippen LogP contribution < -0.4 is 5.32 Å². The first-order valence-electron chi connectivity index (χ1n) is 11.2. The van der Waals surface area contributed by atoms with Crippen LogP contribution in [0.25, 0.3) is 11.3 Å². The molecule has 0 radical (unpaired) electrons. The van der Waals surface area contributed by atoms with Gasteiger partial charge in [0.2, 0.25) is 5.91 Å². The highest BCUT2D eigenvalue weighted by Crippen LogP contribution is 2.26. The van der Waals surface area contributed by atoms with Gasteiger partial charge in [-0.15, -0.1) is 11.3 Å². The van der Waals surface area contributed by atoms with E-state index in [0.717, 1.165) is 73.1 Å². The summed E-state index contributed by atoms with van der Waals surface area (Å²) in [4.78, 5) is 24.7. The Morgan fingerprint density at radius 1 is 1.19 bits per heavy atom. The summed E-state index contributed by atoms with van der Waals surface area (Å²) in [5.74, 6) is 1.37. The van der Waals surface area contributed by atoms with Gasteiger partial charge in [0.05, 0.1) is 16.4 Å². The molecule has 0 unspecified atom stereocenters. The number of likely N-dealkylation sites (tertiary alicyclic amines) is 1. The van der Waals surface area contributed by atoms with Gasteiger partial charge in [0.15, 0.2) is 0 Å². The molecule has 4 heterocycles. The number of imidazole rings is 1. The first-order chi connectivity index (χ1) is 15.1. The predicted octanol–water partition coefficient (Wildman–Crippen LogP) is 4.50. The Labute approximate surface area is 187 Å². The van der Waals surface area contributed by atoms with Gasteiger partial charge in [-0.1, -0.05) is 12.1 Å². The fourth-order valence-electron chi connectivity index (χ4n) is 4.62. The molecular formula is C24H29N5OS. The lowest BCUT2D eigenvalue weighted by Gasteiger charge is -2.30. The molecule has 0 aliphatic carbocycles. The van der Waals surface area contributed by atoms with Gasteiger partial charge in [0.25, 0.3) is 0 Å². The minimum absolute atomic E-state index is 0.0667. The summed E-state index contributed by atoms with van der Waals surface area (Å²) in [5.41, 5.74) is 4.06. The van der Waals surface area contributed by atoms with E-state index < -0.39 is 0 Å². The van der Waals surface area contributed by atoms with E-state index in [1.54, 1.807) is 11.3 Å². The molecule has 3 aromatic rings. The smallest absolute Gasteiger partial charge is 0.227 e. The lowest BCUT2D eigenvalue weighted by Crippen LogP contribution is -2.37. The van der Waals surface area contributed by atoms with Crippen LogP contribution in [-0.2, 0) is 24.3 Å². The fraction of sp³-hybridized carbons (Fsp3) is 0.458. The predicted molar refractivity (Wildman–Crippen MR) is 124 cm³/mol. The third-order valence-corrected chi connectivity index (χ3v) is 7.17. The van der Waals surface area contributed by atoms with Crippen molar-refractivity contribution >= 4 is 22.9 Å². The summed E-state index contributed by atoms with van der Waals surface area (Å²) < 4.78 is 2.27. The van der Waals surface area contributed by atoms with Crippen molar-refractivity contribution in [1.29, 1.82) is 0 Å². The number of hydrogen-bond acceptors (Lipinski definition) is 5. The molecule has 0 saturated carbocycles. The SMILES string of the molecule is Cc1nc(CN2CCC(C(=O)Nc3cccc(-c4cn5c(n4)CCCC5)c3)CC2)cs1. The standard InChI is InChI=1S/C24H29N5OS/c1-17-25-21(16-31-17)14-28-11-8-18(9-12-28)24(30)26-20-6-4-5-19(13-20)22-15-29-10-3-2-7-23(29)27-22/h4-6,13,15-16,18H,2-3,7-12,14H2,1H3,(H,26,30). The quantitative estimate of drug-likeness (QED) is 0.641. The number of aromatic nitrogens is 3. The number of carbonyl (C=O) groups excluding carboxylic acids is 1. The normalized spacial score (nSPS) is 17.5. The van der Waals surface area contributed by atoms with Gasteiger partial charge in [-0.25, -0.2) is 9.97 Å². The van der Waals surface area contributed by atoms with Crippen LogP contribution in [0.3, 0.4) is 0 Å². The maximum Gasteiger partial charge on any atom is 0.227 e. The van der Waals surface area contributed by atoms with Crippen molar-refractivity contribution in [1.82, 2.24) is 19.4 Å². The molecule has 1 amide bonds. The van der Waals surface area contributed by atoms with Crippen molar-refractivity contribution in [3.8, 4) is 11.3 Å². The largest absolute Gasteiger partial charge is 0.334 e. The van der Waals surface area contributed by atoms with Crippen molar-refractivity contribution in [2.45, 2.75) is 52.1 Å². The molecule has 5 rings (SSSR count). The van der Waals surface area contributed by atoms with Gasteiger partial charge in [-0.2, -0.15) is 0 Å². The number of rotatable bonds is 5. The van der Waals surface area contributed by atoms with Crippen molar-refractivity contribution in [3.63, 3.8) is 0 Å². The van der Waals surface area contributed by atoms with E-state index in [9.17, 15) is 4.79 Å². The minimum atomic E-state index is 0.0667. The number of fused-ring (bicyclic) bond motifs is 1. The van der Waals surface area contributed by atoms with Gasteiger partial charge in [-0.3, -0.25) is 9.69 Å². The maximum absolute atomic E-state index is 12.9. The highest BCUT2D eigenvalue weighted by molar-refractivity contribution is 7.09. The molecule has 2 aromatic heterocycles. The number of thiazole rings is 1. The first kappa shape index (κ1) is 20.4. The van der Waals surface area contributed by atoms with Crippen LogP contribution in [0.4, 0.5) is 5.69 Å². The lowest BCUT2D eigenvalue weighted by atomic mass is 9.95. The Hall–Kier alpha value is -2.51. The highest BCUT2D eigenvalue weighted by Gasteiger charge is 2.25. The van der Waals surface area contributed by atoms with Crippen LogP contribution in [0, 0.1) is 12.8 Å². The summed E-state index contributed by atoms with van der Waals surface area (Å²) in [6.45, 7) is 5.86. The first-order valence-corrected chi connectivity index (χ1v) is 12.1. The Kier molecular flexibility index (Phi) is 5.87. The van der Waals surface area contributed by atoms with Crippen LogP contribution >= 0.6 is 11.3 Å². The average Bonchev–Trinajstić information content (AvgIpc) is 3.40.